The van der Waals surface area contributed by atoms with Gasteiger partial charge in [0.2, 0.25) is 0 Å². The van der Waals surface area contributed by atoms with Gasteiger partial charge in [-0.2, -0.15) is 0 Å². The topological polar surface area (TPSA) is 0 Å². The summed E-state index contributed by atoms with van der Waals surface area (Å²) in [6, 6.07) is 24.6. The minimum atomic E-state index is -1.32. The first-order valence-corrected chi connectivity index (χ1v) is 12.9. The summed E-state index contributed by atoms with van der Waals surface area (Å²) in [6.07, 6.45) is 0. The van der Waals surface area contributed by atoms with Gasteiger partial charge in [0.1, 0.15) is 0 Å². The van der Waals surface area contributed by atoms with E-state index in [0.29, 0.717) is 0 Å². The number of rotatable bonds is 3. The molecule has 0 radical (unpaired) electrons. The molecule has 0 aromatic heterocycles. The van der Waals surface area contributed by atoms with Gasteiger partial charge in [0.25, 0.3) is 0 Å². The monoisotopic (exact) mass is 403 g/mol. The van der Waals surface area contributed by atoms with Crippen LogP contribution in [0.2, 0.25) is 19.6 Å². The van der Waals surface area contributed by atoms with Crippen LogP contribution in [0, 0.1) is 7.14 Å². The van der Waals surface area contributed by atoms with Crippen LogP contribution in [-0.4, -0.2) is 8.07 Å². The van der Waals surface area contributed by atoms with Crippen LogP contribution in [0.3, 0.4) is 0 Å². The van der Waals surface area contributed by atoms with Crippen molar-refractivity contribution in [1.29, 1.82) is 0 Å². The molecule has 0 atom stereocenters. The molecule has 3 aromatic carbocycles. The molecule has 0 aliphatic carbocycles. The van der Waals surface area contributed by atoms with E-state index in [9.17, 15) is 0 Å². The molecule has 0 saturated carbocycles. The summed E-state index contributed by atoms with van der Waals surface area (Å²) in [6.45, 7) is 7.36. The van der Waals surface area contributed by atoms with E-state index in [1.54, 1.807) is 8.76 Å². The molecule has 3 rings (SSSR count). The summed E-state index contributed by atoms with van der Waals surface area (Å²) in [5, 5.41) is 4.40. The molecule has 3 aromatic rings. The molecule has 0 saturated heterocycles. The summed E-state index contributed by atoms with van der Waals surface area (Å²) < 4.78 is 3.11. The van der Waals surface area contributed by atoms with Gasteiger partial charge in [-0.3, -0.25) is 0 Å². The third-order valence-electron chi connectivity index (χ3n) is 3.59. The van der Waals surface area contributed by atoms with Gasteiger partial charge in [-0.25, -0.2) is 0 Å². The number of hydrogen-bond acceptors (Lipinski definition) is 0. The Labute approximate surface area is 138 Å². The maximum Gasteiger partial charge on any atom is 0.357 e. The molecular weight excluding hydrogens is 383 g/mol. The quantitative estimate of drug-likeness (QED) is 0.460. The third kappa shape index (κ3) is 3.38. The summed E-state index contributed by atoms with van der Waals surface area (Å²) in [5.41, 5.74) is 0. The van der Waals surface area contributed by atoms with Crippen LogP contribution >= 0.6 is 0 Å². The van der Waals surface area contributed by atoms with Crippen molar-refractivity contribution in [3.63, 3.8) is 0 Å². The lowest BCUT2D eigenvalue weighted by Crippen LogP contribution is -3.62. The highest BCUT2D eigenvalue weighted by atomic mass is 127. The molecule has 0 aliphatic rings. The first kappa shape index (κ1) is 14.8. The molecule has 0 fully saturated rings. The Hall–Kier alpha value is -1.13. The molecule has 0 heterocycles. The Balaban J connectivity index is 2.14. The second-order valence-corrected chi connectivity index (χ2v) is 14.3. The molecule has 0 nitrogen and oxygen atoms in total. The normalized spacial score (nSPS) is 11.8. The molecule has 0 amide bonds. The van der Waals surface area contributed by atoms with Crippen LogP contribution in [-0.2, 0) is 0 Å². The first-order chi connectivity index (χ1) is 10.0. The summed E-state index contributed by atoms with van der Waals surface area (Å²) in [4.78, 5) is 0. The van der Waals surface area contributed by atoms with Gasteiger partial charge in [-0.05, 0) is 34.2 Å². The maximum atomic E-state index is 2.46. The zero-order chi connectivity index (χ0) is 14.9. The molecule has 21 heavy (non-hydrogen) atoms. The smallest absolute Gasteiger partial charge is 0.0655 e. The minimum absolute atomic E-state index is 0.0991. The van der Waals surface area contributed by atoms with Crippen LogP contribution < -0.4 is 26.4 Å². The maximum absolute atomic E-state index is 2.46. The van der Waals surface area contributed by atoms with E-state index < -0.39 is 8.07 Å². The standard InChI is InChI=1S/C19H20ISi/c1-21(2,3)19-14-16-10-8-7-9-15(16)13-18(19)20-17-11-5-4-6-12-17/h4-14H,1-3H3/q+1. The van der Waals surface area contributed by atoms with Crippen molar-refractivity contribution in [3.05, 3.63) is 73.9 Å². The van der Waals surface area contributed by atoms with Crippen molar-refractivity contribution in [3.8, 4) is 0 Å². The molecular formula is C19H20ISi+. The Morgan fingerprint density at radius 2 is 1.29 bits per heavy atom. The van der Waals surface area contributed by atoms with Gasteiger partial charge in [0.15, 0.2) is 7.14 Å². The minimum Gasteiger partial charge on any atom is -0.0655 e. The van der Waals surface area contributed by atoms with Gasteiger partial charge >= 0.3 is 21.2 Å². The molecule has 0 N–H and O–H groups in total. The molecule has 2 heteroatoms. The number of benzene rings is 3. The highest BCUT2D eigenvalue weighted by Crippen LogP contribution is 2.14. The average Bonchev–Trinajstić information content (AvgIpc) is 2.46. The van der Waals surface area contributed by atoms with Crippen molar-refractivity contribution in [2.24, 2.45) is 0 Å². The van der Waals surface area contributed by atoms with Crippen LogP contribution in [0.1, 0.15) is 0 Å². The van der Waals surface area contributed by atoms with Gasteiger partial charge in [0, 0.05) is 0 Å². The van der Waals surface area contributed by atoms with E-state index in [2.05, 4.69) is 86.4 Å². The Morgan fingerprint density at radius 1 is 0.714 bits per heavy atom. The third-order valence-corrected chi connectivity index (χ3v) is 8.94. The van der Waals surface area contributed by atoms with Crippen LogP contribution in [0.5, 0.6) is 0 Å². The highest BCUT2D eigenvalue weighted by molar-refractivity contribution is 6.88. The lowest BCUT2D eigenvalue weighted by atomic mass is 10.1. The van der Waals surface area contributed by atoms with Crippen LogP contribution in [0.25, 0.3) is 10.8 Å². The zero-order valence-corrected chi connectivity index (χ0v) is 15.9. The van der Waals surface area contributed by atoms with E-state index in [4.69, 9.17) is 0 Å². The largest absolute Gasteiger partial charge is 0.357 e. The predicted molar refractivity (Wildman–Crippen MR) is 90.8 cm³/mol. The van der Waals surface area contributed by atoms with Gasteiger partial charge in [-0.15, -0.1) is 0 Å². The van der Waals surface area contributed by atoms with E-state index in [1.807, 2.05) is 0 Å². The number of halogens is 1. The van der Waals surface area contributed by atoms with Crippen molar-refractivity contribution in [2.45, 2.75) is 19.6 Å². The Kier molecular flexibility index (Phi) is 4.18. The fraction of sp³-hybridized carbons (Fsp3) is 0.158. The number of fused-ring (bicyclic) bond motifs is 1. The van der Waals surface area contributed by atoms with Crippen molar-refractivity contribution in [1.82, 2.24) is 0 Å². The van der Waals surface area contributed by atoms with Crippen LogP contribution in [0.15, 0.2) is 66.7 Å². The fourth-order valence-corrected chi connectivity index (χ4v) is 8.97. The fourth-order valence-electron chi connectivity index (χ4n) is 2.46. The molecule has 0 spiro atoms. The lowest BCUT2D eigenvalue weighted by Gasteiger charge is -2.17. The Morgan fingerprint density at radius 3 is 1.90 bits per heavy atom. The van der Waals surface area contributed by atoms with Crippen LogP contribution in [0.4, 0.5) is 0 Å². The zero-order valence-electron chi connectivity index (χ0n) is 12.7. The summed E-state index contributed by atoms with van der Waals surface area (Å²) in [7, 11) is -1.32. The lowest BCUT2D eigenvalue weighted by molar-refractivity contribution is -0.595. The Bertz CT molecular complexity index is 757. The second kappa shape index (κ2) is 5.93. The van der Waals surface area contributed by atoms with Crippen molar-refractivity contribution >= 4 is 24.0 Å². The van der Waals surface area contributed by atoms with Gasteiger partial charge in [0.05, 0.1) is 8.07 Å². The summed E-state index contributed by atoms with van der Waals surface area (Å²) >= 11 is -0.0991. The van der Waals surface area contributed by atoms with E-state index in [-0.39, 0.29) is 21.2 Å². The summed E-state index contributed by atoms with van der Waals surface area (Å²) in [5.74, 6) is 0. The van der Waals surface area contributed by atoms with Crippen molar-refractivity contribution in [2.75, 3.05) is 0 Å². The van der Waals surface area contributed by atoms with E-state index in [0.717, 1.165) is 0 Å². The van der Waals surface area contributed by atoms with Gasteiger partial charge < -0.3 is 0 Å². The SMILES string of the molecule is C[Si](C)(C)c1cc2ccccc2cc1[I+]c1ccccc1. The van der Waals surface area contributed by atoms with E-state index >= 15 is 0 Å². The van der Waals surface area contributed by atoms with E-state index in [1.165, 1.54) is 14.3 Å². The first-order valence-electron chi connectivity index (χ1n) is 7.27. The molecule has 106 valence electrons. The number of hydrogen-bond donors (Lipinski definition) is 0. The van der Waals surface area contributed by atoms with Crippen molar-refractivity contribution < 1.29 is 21.2 Å². The van der Waals surface area contributed by atoms with Gasteiger partial charge in [-0.1, -0.05) is 68.2 Å². The predicted octanol–water partition coefficient (Wildman–Crippen LogP) is 1.51. The molecule has 0 bridgehead atoms. The molecule has 0 unspecified atom stereocenters. The highest BCUT2D eigenvalue weighted by Gasteiger charge is 2.28. The average molecular weight is 403 g/mol. The second-order valence-electron chi connectivity index (χ2n) is 6.32. The molecule has 0 aliphatic heterocycles.